The van der Waals surface area contributed by atoms with Crippen molar-refractivity contribution in [3.05, 3.63) is 57.5 Å². The third kappa shape index (κ3) is 5.99. The lowest BCUT2D eigenvalue weighted by molar-refractivity contribution is 0.354. The predicted octanol–water partition coefficient (Wildman–Crippen LogP) is 4.85. The van der Waals surface area contributed by atoms with Gasteiger partial charge in [-0.2, -0.15) is 0 Å². The van der Waals surface area contributed by atoms with Crippen LogP contribution in [0, 0.1) is 0 Å². The summed E-state index contributed by atoms with van der Waals surface area (Å²) >= 11 is 6.64. The van der Waals surface area contributed by atoms with Crippen molar-refractivity contribution in [1.29, 1.82) is 0 Å². The molecule has 0 saturated carbocycles. The second-order valence-corrected chi connectivity index (χ2v) is 12.1. The summed E-state index contributed by atoms with van der Waals surface area (Å²) in [6, 6.07) is 11.0. The minimum atomic E-state index is -4.16. The van der Waals surface area contributed by atoms with Gasteiger partial charge in [-0.05, 0) is 68.3 Å². The lowest BCUT2D eigenvalue weighted by Gasteiger charge is -2.17. The van der Waals surface area contributed by atoms with E-state index in [-0.39, 0.29) is 32.7 Å². The molecule has 10 nitrogen and oxygen atoms in total. The molecular weight excluding hydrogens is 644 g/mol. The van der Waals surface area contributed by atoms with Gasteiger partial charge in [0.05, 0.1) is 49.6 Å². The Morgan fingerprint density at radius 3 is 1.19 bits per heavy atom. The van der Waals surface area contributed by atoms with Gasteiger partial charge in [0.15, 0.2) is 23.0 Å². The Morgan fingerprint density at radius 2 is 0.889 bits per heavy atom. The van der Waals surface area contributed by atoms with Gasteiger partial charge in [0.1, 0.15) is 0 Å². The van der Waals surface area contributed by atoms with Gasteiger partial charge < -0.3 is 18.9 Å². The van der Waals surface area contributed by atoms with Gasteiger partial charge in [-0.25, -0.2) is 16.8 Å². The van der Waals surface area contributed by atoms with Crippen LogP contribution in [0.25, 0.3) is 0 Å². The van der Waals surface area contributed by atoms with Crippen LogP contribution in [0.5, 0.6) is 23.0 Å². The summed E-state index contributed by atoms with van der Waals surface area (Å²) in [5, 5.41) is 0. The van der Waals surface area contributed by atoms with Crippen molar-refractivity contribution >= 4 is 63.3 Å². The third-order valence-corrected chi connectivity index (χ3v) is 9.45. The van der Waals surface area contributed by atoms with E-state index in [1.807, 2.05) is 0 Å². The molecule has 194 valence electrons. The predicted molar refractivity (Wildman–Crippen MR) is 143 cm³/mol. The van der Waals surface area contributed by atoms with Crippen LogP contribution in [0.2, 0.25) is 0 Å². The van der Waals surface area contributed by atoms with E-state index >= 15 is 0 Å². The number of hydrogen-bond donors (Lipinski definition) is 2. The van der Waals surface area contributed by atoms with E-state index in [9.17, 15) is 16.8 Å². The lowest BCUT2D eigenvalue weighted by atomic mass is 10.3. The number of nitrogens with one attached hydrogen (secondary N) is 2. The van der Waals surface area contributed by atoms with Crippen LogP contribution in [0.4, 0.5) is 11.4 Å². The second-order valence-electron chi connectivity index (χ2n) is 7.06. The van der Waals surface area contributed by atoms with E-state index < -0.39 is 20.0 Å². The molecule has 3 aromatic rings. The van der Waals surface area contributed by atoms with Crippen molar-refractivity contribution in [3.8, 4) is 23.0 Å². The van der Waals surface area contributed by atoms with Crippen molar-refractivity contribution in [2.24, 2.45) is 0 Å². The van der Waals surface area contributed by atoms with E-state index in [1.165, 1.54) is 77.0 Å². The summed E-state index contributed by atoms with van der Waals surface area (Å²) in [5.41, 5.74) is -0.0483. The van der Waals surface area contributed by atoms with Crippen LogP contribution in [-0.4, -0.2) is 45.3 Å². The number of rotatable bonds is 10. The molecule has 0 aromatic heterocycles. The molecule has 2 N–H and O–H groups in total. The molecule has 0 aliphatic carbocycles. The molecule has 0 aliphatic rings. The van der Waals surface area contributed by atoms with Gasteiger partial charge in [-0.1, -0.05) is 0 Å². The van der Waals surface area contributed by atoms with Gasteiger partial charge in [-0.15, -0.1) is 0 Å². The summed E-state index contributed by atoms with van der Waals surface area (Å²) in [7, 11) is -2.68. The fraction of sp³-hybridized carbons (Fsp3) is 0.182. The summed E-state index contributed by atoms with van der Waals surface area (Å²) in [6.07, 6.45) is 0. The van der Waals surface area contributed by atoms with Gasteiger partial charge in [0, 0.05) is 21.1 Å². The number of benzene rings is 3. The molecule has 0 radical (unpaired) electrons. The van der Waals surface area contributed by atoms with Crippen molar-refractivity contribution in [3.63, 3.8) is 0 Å². The zero-order valence-electron chi connectivity index (χ0n) is 19.5. The highest BCUT2D eigenvalue weighted by atomic mass is 79.9. The smallest absolute Gasteiger partial charge is 0.262 e. The highest BCUT2D eigenvalue weighted by molar-refractivity contribution is 9.13. The van der Waals surface area contributed by atoms with Crippen LogP contribution in [0.1, 0.15) is 0 Å². The molecule has 3 aromatic carbocycles. The topological polar surface area (TPSA) is 129 Å². The second kappa shape index (κ2) is 11.2. The number of hydrogen-bond acceptors (Lipinski definition) is 8. The van der Waals surface area contributed by atoms with Gasteiger partial charge >= 0.3 is 0 Å². The Balaban J connectivity index is 2.03. The van der Waals surface area contributed by atoms with Crippen LogP contribution >= 0.6 is 31.9 Å². The first-order chi connectivity index (χ1) is 16.9. The maximum absolute atomic E-state index is 13.2. The maximum atomic E-state index is 13.2. The molecule has 0 amide bonds. The van der Waals surface area contributed by atoms with Crippen molar-refractivity contribution in [2.75, 3.05) is 37.9 Å². The largest absolute Gasteiger partial charge is 0.493 e. The van der Waals surface area contributed by atoms with Crippen molar-refractivity contribution in [2.45, 2.75) is 9.79 Å². The van der Waals surface area contributed by atoms with Crippen molar-refractivity contribution in [1.82, 2.24) is 0 Å². The number of anilines is 2. The van der Waals surface area contributed by atoms with E-state index in [0.717, 1.165) is 0 Å². The Hall–Kier alpha value is -2.68. The van der Waals surface area contributed by atoms with Crippen LogP contribution < -0.4 is 28.4 Å². The minimum Gasteiger partial charge on any atom is -0.493 e. The van der Waals surface area contributed by atoms with E-state index in [0.29, 0.717) is 20.4 Å². The molecule has 3 rings (SSSR count). The summed E-state index contributed by atoms with van der Waals surface area (Å²) < 4.78 is 79.2. The van der Waals surface area contributed by atoms with Gasteiger partial charge in [0.25, 0.3) is 20.0 Å². The Bertz CT molecular complexity index is 1380. The average molecular weight is 666 g/mol. The SMILES string of the molecule is COc1ccc(S(=O)(=O)Nc2cc(Br)c(Br)cc2NS(=O)(=O)c2ccc(OC)c(OC)c2)cc1OC. The molecule has 14 heteroatoms. The molecule has 0 atom stereocenters. The summed E-state index contributed by atoms with van der Waals surface area (Å²) in [5.74, 6) is 1.14. The number of halogens is 2. The first-order valence-corrected chi connectivity index (χ1v) is 14.5. The van der Waals surface area contributed by atoms with E-state index in [2.05, 4.69) is 41.3 Å². The van der Waals surface area contributed by atoms with Crippen molar-refractivity contribution < 1.29 is 35.8 Å². The zero-order valence-corrected chi connectivity index (χ0v) is 24.3. The molecule has 0 bridgehead atoms. The molecule has 36 heavy (non-hydrogen) atoms. The fourth-order valence-electron chi connectivity index (χ4n) is 3.09. The van der Waals surface area contributed by atoms with Crippen LogP contribution in [-0.2, 0) is 20.0 Å². The number of methoxy groups -OCH3 is 4. The summed E-state index contributed by atoms with van der Waals surface area (Å²) in [4.78, 5) is -0.235. The normalized spacial score (nSPS) is 11.5. The molecule has 0 fully saturated rings. The molecule has 0 spiro atoms. The van der Waals surface area contributed by atoms with E-state index in [1.54, 1.807) is 0 Å². The standard InChI is InChI=1S/C22H22Br2N2O8S2/c1-31-19-7-5-13(9-21(19)33-3)35(27,28)25-17-11-15(23)16(24)12-18(17)26-36(29,30)14-6-8-20(32-2)22(10-14)34-4/h5-12,25-26H,1-4H3. The highest BCUT2D eigenvalue weighted by Gasteiger charge is 2.23. The Morgan fingerprint density at radius 1 is 0.556 bits per heavy atom. The molecule has 0 unspecified atom stereocenters. The fourth-order valence-corrected chi connectivity index (χ4v) is 5.95. The number of ether oxygens (including phenoxy) is 4. The molecule has 0 aliphatic heterocycles. The zero-order chi connectivity index (χ0) is 26.7. The van der Waals surface area contributed by atoms with Crippen LogP contribution in [0.15, 0.2) is 67.3 Å². The van der Waals surface area contributed by atoms with Crippen LogP contribution in [0.3, 0.4) is 0 Å². The monoisotopic (exact) mass is 664 g/mol. The number of sulfonamides is 2. The highest BCUT2D eigenvalue weighted by Crippen LogP contribution is 2.37. The summed E-state index contributed by atoms with van der Waals surface area (Å²) in [6.45, 7) is 0. The van der Waals surface area contributed by atoms with E-state index in [4.69, 9.17) is 18.9 Å². The lowest BCUT2D eigenvalue weighted by Crippen LogP contribution is -2.18. The molecular formula is C22H22Br2N2O8S2. The molecule has 0 saturated heterocycles. The quantitative estimate of drug-likeness (QED) is 0.315. The van der Waals surface area contributed by atoms with Gasteiger partial charge in [-0.3, -0.25) is 9.44 Å². The Labute approximate surface area is 226 Å². The first kappa shape index (κ1) is 27.9. The van der Waals surface area contributed by atoms with Gasteiger partial charge in [0.2, 0.25) is 0 Å². The first-order valence-electron chi connectivity index (χ1n) is 9.94. The Kier molecular flexibility index (Phi) is 8.64. The molecule has 0 heterocycles. The average Bonchev–Trinajstić information content (AvgIpc) is 2.85. The maximum Gasteiger partial charge on any atom is 0.262 e. The third-order valence-electron chi connectivity index (χ3n) is 4.88. The minimum absolute atomic E-state index is 0.0242.